The monoisotopic (exact) mass is 211 g/mol. The molecule has 0 heterocycles. The van der Waals surface area contributed by atoms with Crippen molar-refractivity contribution >= 4 is 0 Å². The van der Waals surface area contributed by atoms with Crippen molar-refractivity contribution in [1.82, 2.24) is 6.15 Å². The van der Waals surface area contributed by atoms with Crippen molar-refractivity contribution in [3.05, 3.63) is 23.3 Å². The van der Waals surface area contributed by atoms with Crippen LogP contribution in [-0.4, -0.2) is 0 Å². The molecule has 1 unspecified atom stereocenters. The zero-order valence-corrected chi connectivity index (χ0v) is 11.3. The van der Waals surface area contributed by atoms with Crippen molar-refractivity contribution in [3.63, 3.8) is 0 Å². The van der Waals surface area contributed by atoms with E-state index in [0.717, 1.165) is 5.92 Å². The van der Waals surface area contributed by atoms with Gasteiger partial charge in [-0.1, -0.05) is 44.1 Å². The third-order valence-electron chi connectivity index (χ3n) is 2.60. The van der Waals surface area contributed by atoms with E-state index in [9.17, 15) is 0 Å². The van der Waals surface area contributed by atoms with Crippen LogP contribution in [0.15, 0.2) is 23.3 Å². The van der Waals surface area contributed by atoms with Crippen LogP contribution in [0.2, 0.25) is 0 Å². The maximum absolute atomic E-state index is 2.46. The molecule has 0 aromatic rings. The Balaban J connectivity index is 0. The van der Waals surface area contributed by atoms with Gasteiger partial charge in [0.25, 0.3) is 0 Å². The minimum atomic E-state index is 0. The van der Waals surface area contributed by atoms with Crippen LogP contribution in [0.1, 0.15) is 60.3 Å². The van der Waals surface area contributed by atoms with Crippen LogP contribution in [0.3, 0.4) is 0 Å². The molecule has 0 amide bonds. The standard InChI is InChI=1S/C14H26.H3N/c1-6-14(7-2)11-13(5)10-8-9-12(3)4;/h9,11,13H,6-8,10H2,1-5H3;1H3. The predicted molar refractivity (Wildman–Crippen MR) is 71.5 cm³/mol. The molecule has 0 aromatic heterocycles. The molecule has 0 saturated heterocycles. The van der Waals surface area contributed by atoms with Gasteiger partial charge in [0.2, 0.25) is 0 Å². The van der Waals surface area contributed by atoms with Crippen molar-refractivity contribution in [2.75, 3.05) is 0 Å². The Morgan fingerprint density at radius 2 is 1.67 bits per heavy atom. The van der Waals surface area contributed by atoms with E-state index < -0.39 is 0 Å². The van der Waals surface area contributed by atoms with Crippen LogP contribution in [0.25, 0.3) is 0 Å². The van der Waals surface area contributed by atoms with Crippen LogP contribution in [0.4, 0.5) is 0 Å². The van der Waals surface area contributed by atoms with Crippen LogP contribution in [0.5, 0.6) is 0 Å². The van der Waals surface area contributed by atoms with Gasteiger partial charge >= 0.3 is 0 Å². The SMILES string of the molecule is CCC(=CC(C)CCC=C(C)C)CC.N. The van der Waals surface area contributed by atoms with Gasteiger partial charge in [0.05, 0.1) is 0 Å². The molecule has 1 atom stereocenters. The number of hydrogen-bond acceptors (Lipinski definition) is 1. The summed E-state index contributed by atoms with van der Waals surface area (Å²) in [6, 6.07) is 0. The molecule has 0 bridgehead atoms. The van der Waals surface area contributed by atoms with Crippen molar-refractivity contribution in [2.45, 2.75) is 60.3 Å². The topological polar surface area (TPSA) is 35.0 Å². The van der Waals surface area contributed by atoms with Gasteiger partial charge in [0.1, 0.15) is 0 Å². The summed E-state index contributed by atoms with van der Waals surface area (Å²) in [4.78, 5) is 0. The summed E-state index contributed by atoms with van der Waals surface area (Å²) in [7, 11) is 0. The van der Waals surface area contributed by atoms with Gasteiger partial charge in [0.15, 0.2) is 0 Å². The zero-order valence-electron chi connectivity index (χ0n) is 11.3. The van der Waals surface area contributed by atoms with E-state index in [1.807, 2.05) is 0 Å². The van der Waals surface area contributed by atoms with Crippen molar-refractivity contribution < 1.29 is 0 Å². The maximum atomic E-state index is 2.46. The van der Waals surface area contributed by atoms with Crippen LogP contribution in [-0.2, 0) is 0 Å². The van der Waals surface area contributed by atoms with E-state index >= 15 is 0 Å². The second-order valence-corrected chi connectivity index (χ2v) is 4.37. The van der Waals surface area contributed by atoms with E-state index in [-0.39, 0.29) is 6.15 Å². The van der Waals surface area contributed by atoms with Gasteiger partial charge in [-0.2, -0.15) is 0 Å². The highest BCUT2D eigenvalue weighted by Gasteiger charge is 1.98. The van der Waals surface area contributed by atoms with E-state index in [1.165, 1.54) is 31.3 Å². The third kappa shape index (κ3) is 9.74. The van der Waals surface area contributed by atoms with E-state index in [4.69, 9.17) is 0 Å². The lowest BCUT2D eigenvalue weighted by Gasteiger charge is -2.07. The van der Waals surface area contributed by atoms with Crippen LogP contribution >= 0.6 is 0 Å². The summed E-state index contributed by atoms with van der Waals surface area (Å²) < 4.78 is 0. The predicted octanol–water partition coefficient (Wildman–Crippen LogP) is 5.28. The molecule has 0 aliphatic rings. The molecule has 1 heteroatoms. The molecule has 0 aromatic carbocycles. The minimum Gasteiger partial charge on any atom is -0.344 e. The smallest absolute Gasteiger partial charge is 0.0256 e. The summed E-state index contributed by atoms with van der Waals surface area (Å²) in [6.07, 6.45) is 9.73. The van der Waals surface area contributed by atoms with Gasteiger partial charge < -0.3 is 6.15 Å². The Kier molecular flexibility index (Phi) is 11.2. The molecule has 0 saturated carbocycles. The Hall–Kier alpha value is -0.560. The molecule has 15 heavy (non-hydrogen) atoms. The first kappa shape index (κ1) is 16.9. The fraction of sp³-hybridized carbons (Fsp3) is 0.714. The van der Waals surface area contributed by atoms with Gasteiger partial charge in [0, 0.05) is 0 Å². The quantitative estimate of drug-likeness (QED) is 0.596. The maximum Gasteiger partial charge on any atom is -0.0256 e. The molecular formula is C14H29N. The Labute approximate surface area is 96.2 Å². The number of hydrogen-bond donors (Lipinski definition) is 1. The molecule has 0 aliphatic carbocycles. The lowest BCUT2D eigenvalue weighted by atomic mass is 9.99. The summed E-state index contributed by atoms with van der Waals surface area (Å²) in [5, 5.41) is 0. The molecule has 0 rings (SSSR count). The van der Waals surface area contributed by atoms with Gasteiger partial charge in [-0.25, -0.2) is 0 Å². The highest BCUT2D eigenvalue weighted by atomic mass is 14.0. The van der Waals surface area contributed by atoms with Gasteiger partial charge in [-0.05, 0) is 45.4 Å². The first-order chi connectivity index (χ1) is 6.60. The number of allylic oxidation sites excluding steroid dienone is 4. The average Bonchev–Trinajstić information content (AvgIpc) is 2.13. The zero-order chi connectivity index (χ0) is 11.0. The van der Waals surface area contributed by atoms with Crippen molar-refractivity contribution in [3.8, 4) is 0 Å². The molecule has 0 spiro atoms. The van der Waals surface area contributed by atoms with E-state index in [1.54, 1.807) is 5.57 Å². The lowest BCUT2D eigenvalue weighted by Crippen LogP contribution is -1.91. The van der Waals surface area contributed by atoms with E-state index in [0.29, 0.717) is 0 Å². The summed E-state index contributed by atoms with van der Waals surface area (Å²) in [5.74, 6) is 0.737. The Bertz CT molecular complexity index is 191. The molecule has 3 N–H and O–H groups in total. The third-order valence-corrected chi connectivity index (χ3v) is 2.60. The molecule has 1 nitrogen and oxygen atoms in total. The second-order valence-electron chi connectivity index (χ2n) is 4.37. The molecule has 90 valence electrons. The molecule has 0 fully saturated rings. The average molecular weight is 211 g/mol. The van der Waals surface area contributed by atoms with Gasteiger partial charge in [-0.3, -0.25) is 0 Å². The van der Waals surface area contributed by atoms with Crippen molar-refractivity contribution in [2.24, 2.45) is 5.92 Å². The molecular weight excluding hydrogens is 182 g/mol. The largest absolute Gasteiger partial charge is 0.344 e. The van der Waals surface area contributed by atoms with Crippen molar-refractivity contribution in [1.29, 1.82) is 0 Å². The first-order valence-corrected chi connectivity index (χ1v) is 5.93. The normalized spacial score (nSPS) is 11.3. The molecule has 0 aliphatic heterocycles. The second kappa shape index (κ2) is 9.97. The van der Waals surface area contributed by atoms with Crippen LogP contribution in [0, 0.1) is 5.92 Å². The fourth-order valence-corrected chi connectivity index (χ4v) is 1.61. The number of rotatable bonds is 6. The summed E-state index contributed by atoms with van der Waals surface area (Å²) >= 11 is 0. The minimum absolute atomic E-state index is 0. The highest BCUT2D eigenvalue weighted by Crippen LogP contribution is 2.15. The summed E-state index contributed by atoms with van der Waals surface area (Å²) in [6.45, 7) is 11.2. The first-order valence-electron chi connectivity index (χ1n) is 5.93. The Morgan fingerprint density at radius 3 is 2.07 bits per heavy atom. The van der Waals surface area contributed by atoms with E-state index in [2.05, 4.69) is 46.8 Å². The molecule has 0 radical (unpaired) electrons. The fourth-order valence-electron chi connectivity index (χ4n) is 1.61. The highest BCUT2D eigenvalue weighted by molar-refractivity contribution is 5.03. The van der Waals surface area contributed by atoms with Gasteiger partial charge in [-0.15, -0.1) is 0 Å². The Morgan fingerprint density at radius 1 is 1.13 bits per heavy atom. The summed E-state index contributed by atoms with van der Waals surface area (Å²) in [5.41, 5.74) is 3.04. The van der Waals surface area contributed by atoms with Crippen LogP contribution < -0.4 is 6.15 Å². The lowest BCUT2D eigenvalue weighted by molar-refractivity contribution is 0.646.